The molecule has 1 N–H and O–H groups in total. The topological polar surface area (TPSA) is 38.7 Å². The average molecular weight is 286 g/mol. The van der Waals surface area contributed by atoms with Gasteiger partial charge in [0.25, 0.3) is 0 Å². The number of halogens is 1. The van der Waals surface area contributed by atoms with Gasteiger partial charge in [-0.2, -0.15) is 0 Å². The van der Waals surface area contributed by atoms with Gasteiger partial charge in [-0.1, -0.05) is 24.0 Å². The molecule has 0 aliphatic heterocycles. The summed E-state index contributed by atoms with van der Waals surface area (Å²) in [5.41, 5.74) is 1.34. The number of benzene rings is 2. The molecule has 0 spiro atoms. The van der Waals surface area contributed by atoms with Crippen molar-refractivity contribution in [1.29, 1.82) is 0 Å². The van der Waals surface area contributed by atoms with E-state index >= 15 is 0 Å². The summed E-state index contributed by atoms with van der Waals surface area (Å²) in [5.74, 6) is 5.98. The van der Waals surface area contributed by atoms with Crippen LogP contribution in [0, 0.1) is 17.7 Å². The summed E-state index contributed by atoms with van der Waals surface area (Å²) in [4.78, 5) is 0. The zero-order chi connectivity index (χ0) is 15.1. The Labute approximate surface area is 122 Å². The normalized spacial score (nSPS) is 9.67. The van der Waals surface area contributed by atoms with E-state index in [1.54, 1.807) is 7.11 Å². The predicted octanol–water partition coefficient (Wildman–Crippen LogP) is 2.76. The summed E-state index contributed by atoms with van der Waals surface area (Å²) in [6.45, 7) is 0.0302. The molecule has 0 heterocycles. The summed E-state index contributed by atoms with van der Waals surface area (Å²) in [6.07, 6.45) is 0. The molecule has 0 aliphatic rings. The second kappa shape index (κ2) is 7.32. The zero-order valence-corrected chi connectivity index (χ0v) is 11.6. The molecule has 0 aromatic heterocycles. The van der Waals surface area contributed by atoms with Gasteiger partial charge in [0, 0.05) is 0 Å². The van der Waals surface area contributed by atoms with Gasteiger partial charge in [0.05, 0.1) is 12.7 Å². The van der Waals surface area contributed by atoms with Crippen LogP contribution < -0.4 is 9.47 Å². The molecule has 2 rings (SSSR count). The van der Waals surface area contributed by atoms with Gasteiger partial charge in [0.1, 0.15) is 30.5 Å². The van der Waals surface area contributed by atoms with Crippen LogP contribution in [-0.4, -0.2) is 18.8 Å². The van der Waals surface area contributed by atoms with Gasteiger partial charge in [-0.05, 0) is 35.9 Å². The molecule has 4 heteroatoms. The first-order chi connectivity index (χ1) is 10.2. The molecular formula is C17H15FO3. The highest BCUT2D eigenvalue weighted by Gasteiger charge is 2.04. The van der Waals surface area contributed by atoms with Crippen molar-refractivity contribution in [3.63, 3.8) is 0 Å². The van der Waals surface area contributed by atoms with Crippen molar-refractivity contribution in [2.75, 3.05) is 13.7 Å². The number of aliphatic hydroxyl groups excluding tert-OH is 1. The lowest BCUT2D eigenvalue weighted by molar-refractivity contribution is 0.304. The standard InChI is InChI=1S/C17H15FO3/c1-20-16-6-2-4-13(10-16)12-21-17-8-7-15(18)11-14(17)5-3-9-19/h2,4,6-8,10-11,19H,9,12H2,1H3. The minimum atomic E-state index is -0.397. The molecule has 108 valence electrons. The lowest BCUT2D eigenvalue weighted by Gasteiger charge is -2.09. The Kier molecular flexibility index (Phi) is 5.19. The predicted molar refractivity (Wildman–Crippen MR) is 77.7 cm³/mol. The third-order valence-electron chi connectivity index (χ3n) is 2.77. The number of hydrogen-bond donors (Lipinski definition) is 1. The Balaban J connectivity index is 2.15. The lowest BCUT2D eigenvalue weighted by atomic mass is 10.2. The lowest BCUT2D eigenvalue weighted by Crippen LogP contribution is -1.98. The van der Waals surface area contributed by atoms with E-state index in [2.05, 4.69) is 11.8 Å². The molecule has 21 heavy (non-hydrogen) atoms. The number of rotatable bonds is 4. The van der Waals surface area contributed by atoms with E-state index in [1.165, 1.54) is 18.2 Å². The van der Waals surface area contributed by atoms with Crippen molar-refractivity contribution in [1.82, 2.24) is 0 Å². The highest BCUT2D eigenvalue weighted by molar-refractivity contribution is 5.46. The number of aliphatic hydroxyl groups is 1. The van der Waals surface area contributed by atoms with Crippen molar-refractivity contribution in [3.8, 4) is 23.3 Å². The molecule has 3 nitrogen and oxygen atoms in total. The molecule has 0 saturated carbocycles. The van der Waals surface area contributed by atoms with Gasteiger partial charge >= 0.3 is 0 Å². The monoisotopic (exact) mass is 286 g/mol. The minimum absolute atomic E-state index is 0.286. The fourth-order valence-electron chi connectivity index (χ4n) is 1.78. The highest BCUT2D eigenvalue weighted by Crippen LogP contribution is 2.21. The fraction of sp³-hybridized carbons (Fsp3) is 0.176. The smallest absolute Gasteiger partial charge is 0.135 e. The van der Waals surface area contributed by atoms with E-state index in [-0.39, 0.29) is 6.61 Å². The molecule has 0 unspecified atom stereocenters. The van der Waals surface area contributed by atoms with Crippen LogP contribution >= 0.6 is 0 Å². The SMILES string of the molecule is COc1cccc(COc2ccc(F)cc2C#CCO)c1. The maximum Gasteiger partial charge on any atom is 0.135 e. The van der Waals surface area contributed by atoms with Gasteiger partial charge in [-0.25, -0.2) is 4.39 Å². The van der Waals surface area contributed by atoms with Crippen LogP contribution in [0.15, 0.2) is 42.5 Å². The van der Waals surface area contributed by atoms with E-state index in [4.69, 9.17) is 14.6 Å². The summed E-state index contributed by atoms with van der Waals surface area (Å²) in [5, 5.41) is 8.73. The minimum Gasteiger partial charge on any atom is -0.497 e. The number of methoxy groups -OCH3 is 1. The van der Waals surface area contributed by atoms with Gasteiger partial charge in [0.2, 0.25) is 0 Å². The van der Waals surface area contributed by atoms with Crippen LogP contribution in [0.5, 0.6) is 11.5 Å². The van der Waals surface area contributed by atoms with Crippen LogP contribution in [0.2, 0.25) is 0 Å². The summed E-state index contributed by atoms with van der Waals surface area (Å²) >= 11 is 0. The molecule has 0 bridgehead atoms. The first-order valence-corrected chi connectivity index (χ1v) is 6.38. The van der Waals surface area contributed by atoms with Crippen molar-refractivity contribution in [2.45, 2.75) is 6.61 Å². The average Bonchev–Trinajstić information content (AvgIpc) is 2.52. The van der Waals surface area contributed by atoms with Crippen LogP contribution in [0.4, 0.5) is 4.39 Å². The maximum atomic E-state index is 13.2. The van der Waals surface area contributed by atoms with E-state index in [0.717, 1.165) is 11.3 Å². The van der Waals surface area contributed by atoms with Gasteiger partial charge in [-0.15, -0.1) is 0 Å². The largest absolute Gasteiger partial charge is 0.497 e. The molecule has 2 aromatic rings. The molecule has 0 amide bonds. The van der Waals surface area contributed by atoms with Gasteiger partial charge in [0.15, 0.2) is 0 Å². The second-order valence-corrected chi connectivity index (χ2v) is 4.24. The van der Waals surface area contributed by atoms with Gasteiger partial charge in [-0.3, -0.25) is 0 Å². The van der Waals surface area contributed by atoms with Crippen LogP contribution in [0.1, 0.15) is 11.1 Å². The van der Waals surface area contributed by atoms with Gasteiger partial charge < -0.3 is 14.6 Å². The van der Waals surface area contributed by atoms with E-state index in [1.807, 2.05) is 24.3 Å². The quantitative estimate of drug-likeness (QED) is 0.878. The molecule has 0 aliphatic carbocycles. The number of ether oxygens (including phenoxy) is 2. The Bertz CT molecular complexity index is 671. The first-order valence-electron chi connectivity index (χ1n) is 6.38. The second-order valence-electron chi connectivity index (χ2n) is 4.24. The molecule has 2 aromatic carbocycles. The maximum absolute atomic E-state index is 13.2. The Morgan fingerprint density at radius 2 is 2.05 bits per heavy atom. The van der Waals surface area contributed by atoms with Crippen LogP contribution in [0.25, 0.3) is 0 Å². The summed E-state index contributed by atoms with van der Waals surface area (Å²) in [6, 6.07) is 11.6. The zero-order valence-electron chi connectivity index (χ0n) is 11.6. The Morgan fingerprint density at radius 1 is 1.19 bits per heavy atom. The molecule has 0 radical (unpaired) electrons. The van der Waals surface area contributed by atoms with Crippen LogP contribution in [-0.2, 0) is 6.61 Å². The molecule has 0 fully saturated rings. The summed E-state index contributed by atoms with van der Waals surface area (Å²) in [7, 11) is 1.60. The highest BCUT2D eigenvalue weighted by atomic mass is 19.1. The molecule has 0 saturated heterocycles. The van der Waals surface area contributed by atoms with Crippen LogP contribution in [0.3, 0.4) is 0 Å². The number of hydrogen-bond acceptors (Lipinski definition) is 3. The van der Waals surface area contributed by atoms with E-state index in [9.17, 15) is 4.39 Å². The van der Waals surface area contributed by atoms with Crippen molar-refractivity contribution >= 4 is 0 Å². The molecular weight excluding hydrogens is 271 g/mol. The molecule has 0 atom stereocenters. The Hall–Kier alpha value is -2.51. The van der Waals surface area contributed by atoms with Crippen molar-refractivity contribution in [3.05, 3.63) is 59.4 Å². The van der Waals surface area contributed by atoms with Crippen molar-refractivity contribution in [2.24, 2.45) is 0 Å². The summed E-state index contributed by atoms with van der Waals surface area (Å²) < 4.78 is 24.0. The third-order valence-corrected chi connectivity index (χ3v) is 2.77. The van der Waals surface area contributed by atoms with Crippen molar-refractivity contribution < 1.29 is 19.0 Å². The van der Waals surface area contributed by atoms with E-state index < -0.39 is 5.82 Å². The third kappa shape index (κ3) is 4.23. The fourth-order valence-corrected chi connectivity index (χ4v) is 1.78. The Morgan fingerprint density at radius 3 is 2.81 bits per heavy atom. The first kappa shape index (κ1) is 14.9. The van der Waals surface area contributed by atoms with E-state index in [0.29, 0.717) is 17.9 Å².